The summed E-state index contributed by atoms with van der Waals surface area (Å²) in [4.78, 5) is 11.8. The Bertz CT molecular complexity index is 622. The molecule has 2 aromatic rings. The molecule has 0 atom stereocenters. The lowest BCUT2D eigenvalue weighted by molar-refractivity contribution is 0.0659. The number of carboxylic acids is 1. The number of halogens is 2. The van der Waals surface area contributed by atoms with Crippen LogP contribution in [0.1, 0.15) is 21.9 Å². The Hall–Kier alpha value is -1.10. The van der Waals surface area contributed by atoms with Gasteiger partial charge in [0.1, 0.15) is 5.76 Å². The predicted molar refractivity (Wildman–Crippen MR) is 76.4 cm³/mol. The molecule has 6 heteroatoms. The molecule has 0 unspecified atom stereocenters. The van der Waals surface area contributed by atoms with Crippen LogP contribution in [0.25, 0.3) is 0 Å². The molecule has 0 saturated carbocycles. The van der Waals surface area contributed by atoms with Crippen LogP contribution in [0.2, 0.25) is 10.0 Å². The van der Waals surface area contributed by atoms with Crippen molar-refractivity contribution in [2.75, 3.05) is 0 Å². The van der Waals surface area contributed by atoms with Gasteiger partial charge in [-0.15, -0.1) is 11.8 Å². The van der Waals surface area contributed by atoms with E-state index >= 15 is 0 Å². The zero-order valence-corrected chi connectivity index (χ0v) is 12.3. The number of benzene rings is 1. The van der Waals surface area contributed by atoms with E-state index < -0.39 is 5.97 Å². The van der Waals surface area contributed by atoms with Gasteiger partial charge in [-0.25, -0.2) is 4.79 Å². The lowest BCUT2D eigenvalue weighted by atomic mass is 10.3. The highest BCUT2D eigenvalue weighted by molar-refractivity contribution is 7.98. The van der Waals surface area contributed by atoms with E-state index in [1.165, 1.54) is 11.8 Å². The van der Waals surface area contributed by atoms with Gasteiger partial charge in [0.15, 0.2) is 0 Å². The fourth-order valence-electron chi connectivity index (χ4n) is 1.55. The first-order chi connectivity index (χ1) is 8.97. The van der Waals surface area contributed by atoms with E-state index in [2.05, 4.69) is 0 Å². The van der Waals surface area contributed by atoms with Crippen molar-refractivity contribution >= 4 is 40.9 Å². The normalized spacial score (nSPS) is 10.7. The van der Waals surface area contributed by atoms with Crippen molar-refractivity contribution in [1.82, 2.24) is 0 Å². The first kappa shape index (κ1) is 14.3. The third kappa shape index (κ3) is 3.47. The summed E-state index contributed by atoms with van der Waals surface area (Å²) in [5.74, 6) is 0.0884. The molecule has 0 aliphatic rings. The smallest absolute Gasteiger partial charge is 0.372 e. The molecular formula is C13H10Cl2O3S. The highest BCUT2D eigenvalue weighted by atomic mass is 35.5. The molecule has 0 saturated heterocycles. The van der Waals surface area contributed by atoms with Crippen LogP contribution in [-0.2, 0) is 5.75 Å². The van der Waals surface area contributed by atoms with Crippen LogP contribution in [0.3, 0.4) is 0 Å². The Morgan fingerprint density at radius 2 is 2.05 bits per heavy atom. The maximum atomic E-state index is 10.9. The van der Waals surface area contributed by atoms with Crippen molar-refractivity contribution in [2.24, 2.45) is 0 Å². The predicted octanol–water partition coefficient (Wildman–Crippen LogP) is 4.89. The first-order valence-electron chi connectivity index (χ1n) is 5.38. The minimum absolute atomic E-state index is 0.00950. The van der Waals surface area contributed by atoms with Gasteiger partial charge in [-0.3, -0.25) is 0 Å². The Morgan fingerprint density at radius 3 is 2.63 bits per heavy atom. The van der Waals surface area contributed by atoms with Crippen LogP contribution >= 0.6 is 35.0 Å². The lowest BCUT2D eigenvalue weighted by Gasteiger charge is -2.01. The summed E-state index contributed by atoms with van der Waals surface area (Å²) in [6.45, 7) is 1.71. The van der Waals surface area contributed by atoms with Crippen LogP contribution in [0, 0.1) is 6.92 Å². The van der Waals surface area contributed by atoms with Crippen molar-refractivity contribution in [3.63, 3.8) is 0 Å². The average molecular weight is 317 g/mol. The minimum atomic E-state index is -1.05. The number of carboxylic acid groups (broad SMARTS) is 1. The molecule has 1 heterocycles. The van der Waals surface area contributed by atoms with E-state index in [0.29, 0.717) is 27.1 Å². The number of furan rings is 1. The third-order valence-corrected chi connectivity index (χ3v) is 4.19. The SMILES string of the molecule is Cc1cc(CSc2ccc(Cl)c(Cl)c2)oc1C(=O)O. The number of aromatic carboxylic acids is 1. The van der Waals surface area contributed by atoms with Gasteiger partial charge in [0.2, 0.25) is 5.76 Å². The summed E-state index contributed by atoms with van der Waals surface area (Å²) in [7, 11) is 0. The van der Waals surface area contributed by atoms with Gasteiger partial charge in [0.05, 0.1) is 15.8 Å². The highest BCUT2D eigenvalue weighted by Gasteiger charge is 2.14. The first-order valence-corrected chi connectivity index (χ1v) is 7.12. The summed E-state index contributed by atoms with van der Waals surface area (Å²) in [6, 6.07) is 7.07. The van der Waals surface area contributed by atoms with Crippen LogP contribution in [-0.4, -0.2) is 11.1 Å². The van der Waals surface area contributed by atoms with Crippen LogP contribution in [0.4, 0.5) is 0 Å². The molecule has 0 fully saturated rings. The molecule has 0 bridgehead atoms. The molecular weight excluding hydrogens is 307 g/mol. The van der Waals surface area contributed by atoms with Gasteiger partial charge < -0.3 is 9.52 Å². The van der Waals surface area contributed by atoms with Gasteiger partial charge in [-0.05, 0) is 31.2 Å². The van der Waals surface area contributed by atoms with Crippen LogP contribution in [0.15, 0.2) is 33.6 Å². The molecule has 19 heavy (non-hydrogen) atoms. The van der Waals surface area contributed by atoms with E-state index in [1.54, 1.807) is 25.1 Å². The van der Waals surface area contributed by atoms with E-state index in [0.717, 1.165) is 4.90 Å². The number of aryl methyl sites for hydroxylation is 1. The Labute approximate surface area is 124 Å². The van der Waals surface area contributed by atoms with Crippen LogP contribution in [0.5, 0.6) is 0 Å². The van der Waals surface area contributed by atoms with Gasteiger partial charge in [0, 0.05) is 10.5 Å². The molecule has 0 aliphatic carbocycles. The fourth-order valence-corrected chi connectivity index (χ4v) is 2.73. The summed E-state index contributed by atoms with van der Waals surface area (Å²) >= 11 is 13.3. The Kier molecular flexibility index (Phi) is 4.45. The molecule has 1 N–H and O–H groups in total. The molecule has 0 amide bonds. The second kappa shape index (κ2) is 5.90. The minimum Gasteiger partial charge on any atom is -0.475 e. The summed E-state index contributed by atoms with van der Waals surface area (Å²) in [5, 5.41) is 9.90. The molecule has 1 aromatic carbocycles. The Balaban J connectivity index is 2.08. The van der Waals surface area contributed by atoms with Crippen molar-refractivity contribution in [3.05, 3.63) is 51.4 Å². The van der Waals surface area contributed by atoms with Crippen molar-refractivity contribution in [1.29, 1.82) is 0 Å². The average Bonchev–Trinajstić information content (AvgIpc) is 2.72. The molecule has 1 aromatic heterocycles. The number of carbonyl (C=O) groups is 1. The second-order valence-corrected chi connectivity index (χ2v) is 5.76. The van der Waals surface area contributed by atoms with Gasteiger partial charge in [-0.1, -0.05) is 23.2 Å². The van der Waals surface area contributed by atoms with Crippen molar-refractivity contribution in [2.45, 2.75) is 17.6 Å². The molecule has 0 radical (unpaired) electrons. The van der Waals surface area contributed by atoms with Gasteiger partial charge in [-0.2, -0.15) is 0 Å². The maximum absolute atomic E-state index is 10.9. The summed E-state index contributed by atoms with van der Waals surface area (Å²) in [6.07, 6.45) is 0. The molecule has 3 nitrogen and oxygen atoms in total. The second-order valence-electron chi connectivity index (χ2n) is 3.89. The molecule has 0 aliphatic heterocycles. The topological polar surface area (TPSA) is 50.4 Å². The van der Waals surface area contributed by atoms with E-state index in [1.807, 2.05) is 6.07 Å². The Morgan fingerprint density at radius 1 is 1.32 bits per heavy atom. The molecule has 0 spiro atoms. The van der Waals surface area contributed by atoms with Crippen LogP contribution < -0.4 is 0 Å². The summed E-state index contributed by atoms with van der Waals surface area (Å²) in [5.41, 5.74) is 0.622. The summed E-state index contributed by atoms with van der Waals surface area (Å²) < 4.78 is 5.27. The number of rotatable bonds is 4. The fraction of sp³-hybridized carbons (Fsp3) is 0.154. The largest absolute Gasteiger partial charge is 0.475 e. The quantitative estimate of drug-likeness (QED) is 0.816. The highest BCUT2D eigenvalue weighted by Crippen LogP contribution is 2.30. The third-order valence-electron chi connectivity index (χ3n) is 2.44. The zero-order valence-electron chi connectivity index (χ0n) is 9.94. The number of thioether (sulfide) groups is 1. The zero-order chi connectivity index (χ0) is 14.0. The lowest BCUT2D eigenvalue weighted by Crippen LogP contribution is -1.94. The number of hydrogen-bond acceptors (Lipinski definition) is 3. The van der Waals surface area contributed by atoms with Gasteiger partial charge >= 0.3 is 5.97 Å². The molecule has 100 valence electrons. The van der Waals surface area contributed by atoms with E-state index in [9.17, 15) is 4.79 Å². The van der Waals surface area contributed by atoms with Crippen molar-refractivity contribution in [3.8, 4) is 0 Å². The van der Waals surface area contributed by atoms with Crippen molar-refractivity contribution < 1.29 is 14.3 Å². The monoisotopic (exact) mass is 316 g/mol. The standard InChI is InChI=1S/C13H10Cl2O3S/c1-7-4-8(18-12(7)13(16)17)6-19-9-2-3-10(14)11(15)5-9/h2-5H,6H2,1H3,(H,16,17). The maximum Gasteiger partial charge on any atom is 0.372 e. The van der Waals surface area contributed by atoms with E-state index in [4.69, 9.17) is 32.7 Å². The van der Waals surface area contributed by atoms with Gasteiger partial charge in [0.25, 0.3) is 0 Å². The molecule has 2 rings (SSSR count). The van der Waals surface area contributed by atoms with E-state index in [-0.39, 0.29) is 5.76 Å². The number of hydrogen-bond donors (Lipinski definition) is 1.